The van der Waals surface area contributed by atoms with E-state index in [4.69, 9.17) is 5.73 Å². The standard InChI is InChI=1S/C18H32N2/c1-5-7-13-20(15(3)6-2)18(14-19)16(4)17-11-9-8-10-12-17/h8-12,15-16,18H,5-7,13-14,19H2,1-4H3. The topological polar surface area (TPSA) is 29.3 Å². The molecule has 0 aliphatic heterocycles. The molecule has 1 rings (SSSR count). The summed E-state index contributed by atoms with van der Waals surface area (Å²) < 4.78 is 0. The van der Waals surface area contributed by atoms with Crippen LogP contribution < -0.4 is 5.73 Å². The van der Waals surface area contributed by atoms with Crippen molar-refractivity contribution in [3.05, 3.63) is 35.9 Å². The van der Waals surface area contributed by atoms with Crippen molar-refractivity contribution >= 4 is 0 Å². The second-order valence-corrected chi connectivity index (χ2v) is 5.85. The largest absolute Gasteiger partial charge is 0.329 e. The third kappa shape index (κ3) is 4.60. The highest BCUT2D eigenvalue weighted by molar-refractivity contribution is 5.20. The highest BCUT2D eigenvalue weighted by atomic mass is 15.2. The molecule has 0 aromatic heterocycles. The lowest BCUT2D eigenvalue weighted by Gasteiger charge is -2.39. The molecule has 0 spiro atoms. The van der Waals surface area contributed by atoms with E-state index in [0.29, 0.717) is 18.0 Å². The van der Waals surface area contributed by atoms with E-state index in [2.05, 4.69) is 62.9 Å². The third-order valence-electron chi connectivity index (χ3n) is 4.50. The molecule has 0 saturated carbocycles. The zero-order chi connectivity index (χ0) is 15.0. The second kappa shape index (κ2) is 9.15. The molecule has 20 heavy (non-hydrogen) atoms. The molecule has 0 heterocycles. The fourth-order valence-corrected chi connectivity index (χ4v) is 2.89. The van der Waals surface area contributed by atoms with Crippen molar-refractivity contribution in [2.75, 3.05) is 13.1 Å². The van der Waals surface area contributed by atoms with Gasteiger partial charge in [0.2, 0.25) is 0 Å². The summed E-state index contributed by atoms with van der Waals surface area (Å²) in [6.07, 6.45) is 3.67. The van der Waals surface area contributed by atoms with Gasteiger partial charge in [0, 0.05) is 18.6 Å². The molecule has 0 aliphatic rings. The van der Waals surface area contributed by atoms with Gasteiger partial charge in [0.15, 0.2) is 0 Å². The van der Waals surface area contributed by atoms with E-state index in [1.165, 1.54) is 24.8 Å². The molecule has 2 heteroatoms. The zero-order valence-electron chi connectivity index (χ0n) is 13.7. The minimum atomic E-state index is 0.430. The van der Waals surface area contributed by atoms with Crippen LogP contribution in [0.5, 0.6) is 0 Å². The van der Waals surface area contributed by atoms with Gasteiger partial charge in [0.25, 0.3) is 0 Å². The van der Waals surface area contributed by atoms with E-state index in [1.807, 2.05) is 0 Å². The van der Waals surface area contributed by atoms with Crippen LogP contribution in [0.1, 0.15) is 58.4 Å². The number of rotatable bonds is 9. The first kappa shape index (κ1) is 17.2. The molecule has 0 radical (unpaired) electrons. The Morgan fingerprint density at radius 3 is 2.25 bits per heavy atom. The highest BCUT2D eigenvalue weighted by Gasteiger charge is 2.26. The van der Waals surface area contributed by atoms with Crippen molar-refractivity contribution in [1.82, 2.24) is 4.90 Å². The molecule has 1 aromatic rings. The summed E-state index contributed by atoms with van der Waals surface area (Å²) in [7, 11) is 0. The zero-order valence-corrected chi connectivity index (χ0v) is 13.7. The average Bonchev–Trinajstić information content (AvgIpc) is 2.51. The lowest BCUT2D eigenvalue weighted by Crippen LogP contribution is -2.48. The summed E-state index contributed by atoms with van der Waals surface area (Å²) in [4.78, 5) is 2.63. The Morgan fingerprint density at radius 2 is 1.75 bits per heavy atom. The quantitative estimate of drug-likeness (QED) is 0.738. The highest BCUT2D eigenvalue weighted by Crippen LogP contribution is 2.25. The van der Waals surface area contributed by atoms with Crippen LogP contribution in [0.3, 0.4) is 0 Å². The molecular formula is C18H32N2. The van der Waals surface area contributed by atoms with Crippen LogP contribution in [-0.4, -0.2) is 30.1 Å². The van der Waals surface area contributed by atoms with Gasteiger partial charge in [-0.1, -0.05) is 57.5 Å². The van der Waals surface area contributed by atoms with E-state index in [-0.39, 0.29) is 0 Å². The van der Waals surface area contributed by atoms with Crippen LogP contribution in [0.2, 0.25) is 0 Å². The van der Waals surface area contributed by atoms with Crippen molar-refractivity contribution < 1.29 is 0 Å². The Kier molecular flexibility index (Phi) is 7.86. The lowest BCUT2D eigenvalue weighted by molar-refractivity contribution is 0.124. The van der Waals surface area contributed by atoms with Crippen LogP contribution in [-0.2, 0) is 0 Å². The van der Waals surface area contributed by atoms with Gasteiger partial charge in [-0.3, -0.25) is 4.90 Å². The van der Waals surface area contributed by atoms with Crippen LogP contribution in [0.4, 0.5) is 0 Å². The first-order chi connectivity index (χ1) is 9.65. The van der Waals surface area contributed by atoms with Crippen LogP contribution in [0, 0.1) is 0 Å². The second-order valence-electron chi connectivity index (χ2n) is 5.85. The summed E-state index contributed by atoms with van der Waals surface area (Å²) in [5.74, 6) is 0.479. The number of hydrogen-bond donors (Lipinski definition) is 1. The maximum atomic E-state index is 6.13. The molecule has 114 valence electrons. The summed E-state index contributed by atoms with van der Waals surface area (Å²) in [5.41, 5.74) is 7.53. The van der Waals surface area contributed by atoms with Gasteiger partial charge in [0.1, 0.15) is 0 Å². The third-order valence-corrected chi connectivity index (χ3v) is 4.50. The first-order valence-corrected chi connectivity index (χ1v) is 8.16. The van der Waals surface area contributed by atoms with E-state index in [9.17, 15) is 0 Å². The molecule has 2 N–H and O–H groups in total. The molecule has 3 unspecified atom stereocenters. The number of benzene rings is 1. The molecule has 0 bridgehead atoms. The smallest absolute Gasteiger partial charge is 0.0287 e. The Bertz CT molecular complexity index is 350. The fourth-order valence-electron chi connectivity index (χ4n) is 2.89. The van der Waals surface area contributed by atoms with Gasteiger partial charge in [0.05, 0.1) is 0 Å². The number of unbranched alkanes of at least 4 members (excludes halogenated alkanes) is 1. The number of hydrogen-bond acceptors (Lipinski definition) is 2. The predicted octanol–water partition coefficient (Wildman–Crippen LogP) is 4.02. The van der Waals surface area contributed by atoms with Crippen molar-refractivity contribution in [1.29, 1.82) is 0 Å². The molecule has 0 saturated heterocycles. The van der Waals surface area contributed by atoms with Crippen molar-refractivity contribution in [3.63, 3.8) is 0 Å². The predicted molar refractivity (Wildman–Crippen MR) is 89.1 cm³/mol. The molecule has 3 atom stereocenters. The minimum absolute atomic E-state index is 0.430. The summed E-state index contributed by atoms with van der Waals surface area (Å²) in [6.45, 7) is 11.1. The van der Waals surface area contributed by atoms with E-state index in [1.54, 1.807) is 0 Å². The van der Waals surface area contributed by atoms with Gasteiger partial charge in [-0.15, -0.1) is 0 Å². The van der Waals surface area contributed by atoms with Crippen molar-refractivity contribution in [2.45, 2.75) is 65.0 Å². The van der Waals surface area contributed by atoms with Crippen LogP contribution in [0.25, 0.3) is 0 Å². The van der Waals surface area contributed by atoms with Gasteiger partial charge in [-0.05, 0) is 37.8 Å². The maximum Gasteiger partial charge on any atom is 0.0287 e. The molecule has 2 nitrogen and oxygen atoms in total. The molecule has 0 amide bonds. The van der Waals surface area contributed by atoms with Crippen molar-refractivity contribution in [2.24, 2.45) is 5.73 Å². The van der Waals surface area contributed by atoms with Crippen LogP contribution >= 0.6 is 0 Å². The SMILES string of the molecule is CCCCN(C(C)CC)C(CN)C(C)c1ccccc1. The van der Waals surface area contributed by atoms with Gasteiger partial charge < -0.3 is 5.73 Å². The monoisotopic (exact) mass is 276 g/mol. The summed E-state index contributed by atoms with van der Waals surface area (Å²) in [6, 6.07) is 11.8. The molecular weight excluding hydrogens is 244 g/mol. The lowest BCUT2D eigenvalue weighted by atomic mass is 9.91. The van der Waals surface area contributed by atoms with E-state index < -0.39 is 0 Å². The first-order valence-electron chi connectivity index (χ1n) is 8.16. The number of nitrogens with two attached hydrogens (primary N) is 1. The Morgan fingerprint density at radius 1 is 1.10 bits per heavy atom. The van der Waals surface area contributed by atoms with Crippen molar-refractivity contribution in [3.8, 4) is 0 Å². The maximum absolute atomic E-state index is 6.13. The van der Waals surface area contributed by atoms with Gasteiger partial charge in [-0.2, -0.15) is 0 Å². The van der Waals surface area contributed by atoms with E-state index >= 15 is 0 Å². The molecule has 0 aliphatic carbocycles. The number of nitrogens with zero attached hydrogens (tertiary/aromatic N) is 1. The molecule has 1 aromatic carbocycles. The van der Waals surface area contributed by atoms with Crippen LogP contribution in [0.15, 0.2) is 30.3 Å². The minimum Gasteiger partial charge on any atom is -0.329 e. The average molecular weight is 276 g/mol. The van der Waals surface area contributed by atoms with Gasteiger partial charge >= 0.3 is 0 Å². The summed E-state index contributed by atoms with van der Waals surface area (Å²) >= 11 is 0. The fraction of sp³-hybridized carbons (Fsp3) is 0.667. The molecule has 0 fully saturated rings. The van der Waals surface area contributed by atoms with Gasteiger partial charge in [-0.25, -0.2) is 0 Å². The summed E-state index contributed by atoms with van der Waals surface area (Å²) in [5, 5.41) is 0. The Balaban J connectivity index is 2.88. The Hall–Kier alpha value is -0.860. The van der Waals surface area contributed by atoms with E-state index in [0.717, 1.165) is 13.1 Å². The Labute approximate surface area is 125 Å². The normalized spacial score (nSPS) is 16.1.